The van der Waals surface area contributed by atoms with Crippen LogP contribution in [0.3, 0.4) is 0 Å². The summed E-state index contributed by atoms with van der Waals surface area (Å²) in [5.74, 6) is -0.142. The minimum absolute atomic E-state index is 0.142. The molecule has 0 bridgehead atoms. The number of rotatable bonds is 5. The molecule has 0 fully saturated rings. The standard InChI is InChI=1S/C8H14O2/c1-2-3-4-5-6-8(10)7-9/h6-7,10H,2-5H2,1H3/b8-6-. The molecule has 58 valence electrons. The second-order valence-corrected chi connectivity index (χ2v) is 2.24. The zero-order valence-corrected chi connectivity index (χ0v) is 6.34. The van der Waals surface area contributed by atoms with Crippen molar-refractivity contribution in [3.8, 4) is 0 Å². The predicted octanol–water partition coefficient (Wildman–Crippen LogP) is 2.21. The number of aldehydes is 1. The number of allylic oxidation sites excluding steroid dienone is 2. The van der Waals surface area contributed by atoms with Gasteiger partial charge in [0.15, 0.2) is 12.0 Å². The van der Waals surface area contributed by atoms with E-state index in [1.165, 1.54) is 0 Å². The summed E-state index contributed by atoms with van der Waals surface area (Å²) in [7, 11) is 0. The van der Waals surface area contributed by atoms with Crippen LogP contribution in [0.25, 0.3) is 0 Å². The summed E-state index contributed by atoms with van der Waals surface area (Å²) in [4.78, 5) is 9.85. The fraction of sp³-hybridized carbons (Fsp3) is 0.625. The zero-order chi connectivity index (χ0) is 7.82. The van der Waals surface area contributed by atoms with Crippen LogP contribution in [0.2, 0.25) is 0 Å². The van der Waals surface area contributed by atoms with Crippen LogP contribution in [-0.2, 0) is 4.79 Å². The van der Waals surface area contributed by atoms with Crippen LogP contribution in [0.4, 0.5) is 0 Å². The number of aliphatic hydroxyl groups excluding tert-OH is 1. The minimum atomic E-state index is -0.142. The molecule has 10 heavy (non-hydrogen) atoms. The third-order valence-electron chi connectivity index (χ3n) is 1.28. The van der Waals surface area contributed by atoms with Gasteiger partial charge in [0.2, 0.25) is 0 Å². The molecule has 0 aliphatic heterocycles. The zero-order valence-electron chi connectivity index (χ0n) is 6.34. The van der Waals surface area contributed by atoms with Crippen LogP contribution in [-0.4, -0.2) is 11.4 Å². The van der Waals surface area contributed by atoms with E-state index in [2.05, 4.69) is 6.92 Å². The van der Waals surface area contributed by atoms with Gasteiger partial charge in [-0.05, 0) is 18.9 Å². The van der Waals surface area contributed by atoms with Gasteiger partial charge in [-0.2, -0.15) is 0 Å². The summed E-state index contributed by atoms with van der Waals surface area (Å²) in [6.45, 7) is 2.11. The highest BCUT2D eigenvalue weighted by atomic mass is 16.3. The maximum absolute atomic E-state index is 9.85. The van der Waals surface area contributed by atoms with E-state index in [-0.39, 0.29) is 5.76 Å². The highest BCUT2D eigenvalue weighted by Gasteiger charge is 1.86. The first-order chi connectivity index (χ1) is 4.81. The van der Waals surface area contributed by atoms with Gasteiger partial charge in [0.05, 0.1) is 0 Å². The van der Waals surface area contributed by atoms with Crippen molar-refractivity contribution in [3.05, 3.63) is 11.8 Å². The Bertz CT molecular complexity index is 116. The fourth-order valence-corrected chi connectivity index (χ4v) is 0.692. The van der Waals surface area contributed by atoms with Gasteiger partial charge >= 0.3 is 0 Å². The molecule has 0 heterocycles. The van der Waals surface area contributed by atoms with Gasteiger partial charge in [-0.1, -0.05) is 19.8 Å². The smallest absolute Gasteiger partial charge is 0.184 e. The van der Waals surface area contributed by atoms with Crippen LogP contribution in [0.15, 0.2) is 11.8 Å². The van der Waals surface area contributed by atoms with Crippen LogP contribution in [0.5, 0.6) is 0 Å². The molecule has 0 radical (unpaired) electrons. The van der Waals surface area contributed by atoms with E-state index < -0.39 is 0 Å². The third kappa shape index (κ3) is 5.35. The van der Waals surface area contributed by atoms with Crippen molar-refractivity contribution in [3.63, 3.8) is 0 Å². The molecule has 0 unspecified atom stereocenters. The first-order valence-electron chi connectivity index (χ1n) is 3.65. The molecule has 2 nitrogen and oxygen atoms in total. The lowest BCUT2D eigenvalue weighted by atomic mass is 10.2. The first-order valence-corrected chi connectivity index (χ1v) is 3.65. The molecule has 2 heteroatoms. The maximum Gasteiger partial charge on any atom is 0.184 e. The monoisotopic (exact) mass is 142 g/mol. The average molecular weight is 142 g/mol. The van der Waals surface area contributed by atoms with Gasteiger partial charge in [0.1, 0.15) is 0 Å². The summed E-state index contributed by atoms with van der Waals surface area (Å²) < 4.78 is 0. The molecular weight excluding hydrogens is 128 g/mol. The Morgan fingerprint density at radius 3 is 2.70 bits per heavy atom. The molecule has 0 aromatic heterocycles. The van der Waals surface area contributed by atoms with E-state index in [4.69, 9.17) is 5.11 Å². The highest BCUT2D eigenvalue weighted by molar-refractivity contribution is 5.69. The number of unbranched alkanes of at least 4 members (excludes halogenated alkanes) is 3. The Morgan fingerprint density at radius 1 is 1.50 bits per heavy atom. The largest absolute Gasteiger partial charge is 0.505 e. The van der Waals surface area contributed by atoms with Crippen molar-refractivity contribution in [2.45, 2.75) is 32.6 Å². The van der Waals surface area contributed by atoms with E-state index in [0.717, 1.165) is 25.7 Å². The minimum Gasteiger partial charge on any atom is -0.505 e. The summed E-state index contributed by atoms with van der Waals surface area (Å²) in [5.41, 5.74) is 0. The van der Waals surface area contributed by atoms with Crippen LogP contribution in [0, 0.1) is 0 Å². The van der Waals surface area contributed by atoms with Crippen molar-refractivity contribution in [2.75, 3.05) is 0 Å². The van der Waals surface area contributed by atoms with Crippen molar-refractivity contribution >= 4 is 6.29 Å². The Kier molecular flexibility index (Phi) is 5.83. The van der Waals surface area contributed by atoms with Crippen molar-refractivity contribution < 1.29 is 9.90 Å². The van der Waals surface area contributed by atoms with E-state index in [1.807, 2.05) is 0 Å². The molecule has 0 atom stereocenters. The summed E-state index contributed by atoms with van der Waals surface area (Å²) in [6, 6.07) is 0. The second kappa shape index (κ2) is 6.33. The van der Waals surface area contributed by atoms with E-state index >= 15 is 0 Å². The molecule has 0 aromatic carbocycles. The summed E-state index contributed by atoms with van der Waals surface area (Å²) in [5, 5.41) is 8.65. The van der Waals surface area contributed by atoms with E-state index in [1.54, 1.807) is 6.08 Å². The maximum atomic E-state index is 9.85. The van der Waals surface area contributed by atoms with Crippen molar-refractivity contribution in [1.29, 1.82) is 0 Å². The summed E-state index contributed by atoms with van der Waals surface area (Å²) >= 11 is 0. The Morgan fingerprint density at radius 2 is 2.20 bits per heavy atom. The molecule has 0 saturated heterocycles. The molecule has 0 amide bonds. The lowest BCUT2D eigenvalue weighted by Gasteiger charge is -1.91. The molecule has 0 rings (SSSR count). The Labute approximate surface area is 61.6 Å². The molecule has 0 aliphatic carbocycles. The number of aliphatic hydroxyl groups is 1. The van der Waals surface area contributed by atoms with Crippen LogP contribution >= 0.6 is 0 Å². The number of hydrogen-bond acceptors (Lipinski definition) is 2. The number of hydrogen-bond donors (Lipinski definition) is 1. The predicted molar refractivity (Wildman–Crippen MR) is 40.9 cm³/mol. The van der Waals surface area contributed by atoms with Gasteiger partial charge in [-0.15, -0.1) is 0 Å². The van der Waals surface area contributed by atoms with E-state index in [9.17, 15) is 4.79 Å². The molecular formula is C8H14O2. The van der Waals surface area contributed by atoms with Crippen molar-refractivity contribution in [1.82, 2.24) is 0 Å². The fourth-order valence-electron chi connectivity index (χ4n) is 0.692. The van der Waals surface area contributed by atoms with Gasteiger partial charge in [0, 0.05) is 0 Å². The lowest BCUT2D eigenvalue weighted by Crippen LogP contribution is -1.80. The topological polar surface area (TPSA) is 37.3 Å². The summed E-state index contributed by atoms with van der Waals surface area (Å²) in [6.07, 6.45) is 6.19. The quantitative estimate of drug-likeness (QED) is 0.276. The van der Waals surface area contributed by atoms with Gasteiger partial charge in [-0.3, -0.25) is 4.79 Å². The average Bonchev–Trinajstić information content (AvgIpc) is 1.98. The molecule has 0 aromatic rings. The third-order valence-corrected chi connectivity index (χ3v) is 1.28. The van der Waals surface area contributed by atoms with Gasteiger partial charge in [0.25, 0.3) is 0 Å². The normalized spacial score (nSPS) is 11.5. The number of carbonyl (C=O) groups excluding carboxylic acids is 1. The van der Waals surface area contributed by atoms with Gasteiger partial charge in [-0.25, -0.2) is 0 Å². The molecule has 0 aliphatic rings. The molecule has 0 saturated carbocycles. The van der Waals surface area contributed by atoms with Gasteiger partial charge < -0.3 is 5.11 Å². The SMILES string of the molecule is CCCCC/C=C(\O)C=O. The van der Waals surface area contributed by atoms with Crippen molar-refractivity contribution in [2.24, 2.45) is 0 Å². The second-order valence-electron chi connectivity index (χ2n) is 2.24. The molecule has 1 N–H and O–H groups in total. The lowest BCUT2D eigenvalue weighted by molar-refractivity contribution is -0.107. The molecule has 0 spiro atoms. The Hall–Kier alpha value is -0.790. The first kappa shape index (κ1) is 9.21. The van der Waals surface area contributed by atoms with Crippen LogP contribution in [0.1, 0.15) is 32.6 Å². The van der Waals surface area contributed by atoms with Crippen LogP contribution < -0.4 is 0 Å². The highest BCUT2D eigenvalue weighted by Crippen LogP contribution is 2.00. The van der Waals surface area contributed by atoms with E-state index in [0.29, 0.717) is 6.29 Å². The Balaban J connectivity index is 3.24. The number of carbonyl (C=O) groups is 1.